The minimum atomic E-state index is -0.940. The van der Waals surface area contributed by atoms with E-state index in [1.54, 1.807) is 31.2 Å². The Bertz CT molecular complexity index is 651. The first kappa shape index (κ1) is 20.3. The number of alkyl carbamates (subject to hydrolysis) is 1. The summed E-state index contributed by atoms with van der Waals surface area (Å²) in [5, 5.41) is 11.8. The number of amides is 1. The molecule has 25 heavy (non-hydrogen) atoms. The molecule has 0 aromatic heterocycles. The van der Waals surface area contributed by atoms with Crippen LogP contribution >= 0.6 is 0 Å². The molecule has 0 saturated carbocycles. The lowest BCUT2D eigenvalue weighted by Gasteiger charge is -2.17. The van der Waals surface area contributed by atoms with Crippen molar-refractivity contribution < 1.29 is 24.2 Å². The highest BCUT2D eigenvalue weighted by molar-refractivity contribution is 5.71. The fourth-order valence-electron chi connectivity index (χ4n) is 2.14. The minimum absolute atomic E-state index is 0.144. The Balaban J connectivity index is 3.01. The summed E-state index contributed by atoms with van der Waals surface area (Å²) in [6.07, 6.45) is 2.91. The SMILES string of the molecule is C=C/C(=C\C)COc1cc(C(C)NC(=O)OCC)ccc1CC(=O)O. The second kappa shape index (κ2) is 10.2. The van der Waals surface area contributed by atoms with E-state index in [-0.39, 0.29) is 25.7 Å². The Morgan fingerprint density at radius 1 is 1.40 bits per heavy atom. The van der Waals surface area contributed by atoms with E-state index < -0.39 is 12.1 Å². The maximum atomic E-state index is 11.6. The van der Waals surface area contributed by atoms with Gasteiger partial charge < -0.3 is 19.9 Å². The maximum Gasteiger partial charge on any atom is 0.407 e. The lowest BCUT2D eigenvalue weighted by Crippen LogP contribution is -2.27. The van der Waals surface area contributed by atoms with E-state index in [2.05, 4.69) is 11.9 Å². The number of hydrogen-bond donors (Lipinski definition) is 2. The zero-order valence-corrected chi connectivity index (χ0v) is 14.9. The maximum absolute atomic E-state index is 11.6. The van der Waals surface area contributed by atoms with Crippen LogP contribution in [0.5, 0.6) is 5.75 Å². The first-order valence-corrected chi connectivity index (χ1v) is 8.09. The number of carbonyl (C=O) groups excluding carboxylic acids is 1. The van der Waals surface area contributed by atoms with E-state index in [9.17, 15) is 9.59 Å². The van der Waals surface area contributed by atoms with Gasteiger partial charge in [0.15, 0.2) is 0 Å². The van der Waals surface area contributed by atoms with Crippen molar-refractivity contribution in [2.45, 2.75) is 33.2 Å². The predicted molar refractivity (Wildman–Crippen MR) is 95.8 cm³/mol. The molecule has 0 spiro atoms. The summed E-state index contributed by atoms with van der Waals surface area (Å²) in [4.78, 5) is 22.6. The van der Waals surface area contributed by atoms with Crippen molar-refractivity contribution >= 4 is 12.1 Å². The average Bonchev–Trinajstić information content (AvgIpc) is 2.56. The summed E-state index contributed by atoms with van der Waals surface area (Å²) in [7, 11) is 0. The molecule has 2 N–H and O–H groups in total. The Morgan fingerprint density at radius 2 is 2.12 bits per heavy atom. The lowest BCUT2D eigenvalue weighted by molar-refractivity contribution is -0.136. The van der Waals surface area contributed by atoms with Crippen molar-refractivity contribution in [3.63, 3.8) is 0 Å². The van der Waals surface area contributed by atoms with Gasteiger partial charge in [0, 0.05) is 5.56 Å². The fourth-order valence-corrected chi connectivity index (χ4v) is 2.14. The third kappa shape index (κ3) is 6.71. The van der Waals surface area contributed by atoms with Crippen molar-refractivity contribution in [2.75, 3.05) is 13.2 Å². The molecule has 0 fully saturated rings. The summed E-state index contributed by atoms with van der Waals surface area (Å²) >= 11 is 0. The molecule has 0 aliphatic carbocycles. The molecular formula is C19H25NO5. The topological polar surface area (TPSA) is 84.9 Å². The molecule has 1 amide bonds. The Kier molecular flexibility index (Phi) is 8.26. The summed E-state index contributed by atoms with van der Waals surface area (Å²) in [6, 6.07) is 4.91. The molecule has 1 aromatic rings. The van der Waals surface area contributed by atoms with E-state index in [0.29, 0.717) is 11.3 Å². The van der Waals surface area contributed by atoms with Crippen LogP contribution in [0, 0.1) is 0 Å². The molecule has 1 rings (SSSR count). The van der Waals surface area contributed by atoms with Crippen LogP contribution in [0.2, 0.25) is 0 Å². The highest BCUT2D eigenvalue weighted by atomic mass is 16.5. The Labute approximate surface area is 148 Å². The van der Waals surface area contributed by atoms with Gasteiger partial charge >= 0.3 is 12.1 Å². The smallest absolute Gasteiger partial charge is 0.407 e. The second-order valence-electron chi connectivity index (χ2n) is 5.38. The van der Waals surface area contributed by atoms with Crippen LogP contribution in [0.1, 0.15) is 37.9 Å². The first-order valence-electron chi connectivity index (χ1n) is 8.09. The lowest BCUT2D eigenvalue weighted by atomic mass is 10.0. The predicted octanol–water partition coefficient (Wildman–Crippen LogP) is 3.63. The zero-order valence-electron chi connectivity index (χ0n) is 14.9. The molecular weight excluding hydrogens is 322 g/mol. The van der Waals surface area contributed by atoms with Gasteiger partial charge in [-0.15, -0.1) is 0 Å². The van der Waals surface area contributed by atoms with Gasteiger partial charge in [-0.25, -0.2) is 4.79 Å². The van der Waals surface area contributed by atoms with Gasteiger partial charge in [0.2, 0.25) is 0 Å². The number of allylic oxidation sites excluding steroid dienone is 1. The molecule has 0 heterocycles. The molecule has 136 valence electrons. The van der Waals surface area contributed by atoms with Gasteiger partial charge in [0.1, 0.15) is 12.4 Å². The molecule has 1 aromatic carbocycles. The molecule has 0 aliphatic rings. The van der Waals surface area contributed by atoms with Gasteiger partial charge in [-0.1, -0.05) is 30.9 Å². The van der Waals surface area contributed by atoms with Gasteiger partial charge in [-0.3, -0.25) is 4.79 Å². The number of benzene rings is 1. The van der Waals surface area contributed by atoms with Crippen LogP contribution in [-0.2, 0) is 16.0 Å². The number of carbonyl (C=O) groups is 2. The summed E-state index contributed by atoms with van der Waals surface area (Å²) in [5.41, 5.74) is 2.25. The summed E-state index contributed by atoms with van der Waals surface area (Å²) < 4.78 is 10.6. The Morgan fingerprint density at radius 3 is 2.68 bits per heavy atom. The van der Waals surface area contributed by atoms with Crippen LogP contribution in [-0.4, -0.2) is 30.4 Å². The normalized spacial score (nSPS) is 12.2. The number of nitrogens with one attached hydrogen (secondary N) is 1. The highest BCUT2D eigenvalue weighted by Crippen LogP contribution is 2.25. The van der Waals surface area contributed by atoms with Crippen LogP contribution in [0.4, 0.5) is 4.79 Å². The molecule has 6 nitrogen and oxygen atoms in total. The minimum Gasteiger partial charge on any atom is -0.489 e. The van der Waals surface area contributed by atoms with E-state index in [1.165, 1.54) is 0 Å². The van der Waals surface area contributed by atoms with Gasteiger partial charge in [-0.2, -0.15) is 0 Å². The molecule has 0 radical (unpaired) electrons. The number of hydrogen-bond acceptors (Lipinski definition) is 4. The number of carboxylic acids is 1. The van der Waals surface area contributed by atoms with E-state index in [0.717, 1.165) is 11.1 Å². The van der Waals surface area contributed by atoms with Crippen molar-refractivity contribution in [3.8, 4) is 5.75 Å². The van der Waals surface area contributed by atoms with Crippen molar-refractivity contribution in [3.05, 3.63) is 53.6 Å². The number of rotatable bonds is 9. The quantitative estimate of drug-likeness (QED) is 0.666. The van der Waals surface area contributed by atoms with Crippen LogP contribution in [0.15, 0.2) is 42.5 Å². The molecule has 0 saturated heterocycles. The average molecular weight is 347 g/mol. The van der Waals surface area contributed by atoms with Crippen molar-refractivity contribution in [1.29, 1.82) is 0 Å². The Hall–Kier alpha value is -2.76. The third-order valence-electron chi connectivity index (χ3n) is 3.57. The van der Waals surface area contributed by atoms with Crippen LogP contribution in [0.25, 0.3) is 0 Å². The van der Waals surface area contributed by atoms with Crippen LogP contribution < -0.4 is 10.1 Å². The number of carboxylic acid groups (broad SMARTS) is 1. The molecule has 1 atom stereocenters. The second-order valence-corrected chi connectivity index (χ2v) is 5.38. The number of ether oxygens (including phenoxy) is 2. The van der Waals surface area contributed by atoms with Gasteiger partial charge in [0.25, 0.3) is 0 Å². The van der Waals surface area contributed by atoms with Crippen LogP contribution in [0.3, 0.4) is 0 Å². The summed E-state index contributed by atoms with van der Waals surface area (Å²) in [5.74, 6) is -0.469. The largest absolute Gasteiger partial charge is 0.489 e. The molecule has 1 unspecified atom stereocenters. The van der Waals surface area contributed by atoms with Crippen molar-refractivity contribution in [1.82, 2.24) is 5.32 Å². The fraction of sp³-hybridized carbons (Fsp3) is 0.368. The number of aliphatic carboxylic acids is 1. The van der Waals surface area contributed by atoms with Gasteiger partial charge in [-0.05, 0) is 38.0 Å². The molecule has 0 bridgehead atoms. The molecule has 6 heteroatoms. The monoisotopic (exact) mass is 347 g/mol. The first-order chi connectivity index (χ1) is 11.9. The standard InChI is InChI=1S/C19H25NO5/c1-5-14(6-2)12-25-17-10-15(8-9-16(17)11-18(21)22)13(4)20-19(23)24-7-3/h5-6,8-10,13H,1,7,11-12H2,2-4H3,(H,20,23)(H,21,22)/b14-6+. The van der Waals surface area contributed by atoms with E-state index in [1.807, 2.05) is 19.9 Å². The third-order valence-corrected chi connectivity index (χ3v) is 3.57. The van der Waals surface area contributed by atoms with Crippen molar-refractivity contribution in [2.24, 2.45) is 0 Å². The highest BCUT2D eigenvalue weighted by Gasteiger charge is 2.15. The zero-order chi connectivity index (χ0) is 18.8. The molecule has 0 aliphatic heterocycles. The van der Waals surface area contributed by atoms with Gasteiger partial charge in [0.05, 0.1) is 19.1 Å². The summed E-state index contributed by atoms with van der Waals surface area (Å²) in [6.45, 7) is 9.70. The van der Waals surface area contributed by atoms with E-state index >= 15 is 0 Å². The van der Waals surface area contributed by atoms with E-state index in [4.69, 9.17) is 14.6 Å².